The molecule has 0 aliphatic rings. The monoisotopic (exact) mass is 218 g/mol. The highest BCUT2D eigenvalue weighted by atomic mass is 19.4. The Morgan fingerprint density at radius 1 is 1.33 bits per heavy atom. The van der Waals surface area contributed by atoms with E-state index >= 15 is 0 Å². The van der Waals surface area contributed by atoms with Gasteiger partial charge in [0.1, 0.15) is 0 Å². The number of halogens is 3. The van der Waals surface area contributed by atoms with E-state index in [-0.39, 0.29) is 6.42 Å². The van der Waals surface area contributed by atoms with Gasteiger partial charge in [-0.2, -0.15) is 13.2 Å². The van der Waals surface area contributed by atoms with Crippen LogP contribution in [0.5, 0.6) is 0 Å². The largest absolute Gasteiger partial charge is 0.416 e. The second-order valence-electron chi connectivity index (χ2n) is 3.46. The lowest BCUT2D eigenvalue weighted by Crippen LogP contribution is -2.10. The SMILES string of the molecule is CCC(O)Cc1cccc(C(F)(F)F)c1. The summed E-state index contributed by atoms with van der Waals surface area (Å²) < 4.78 is 37.0. The van der Waals surface area contributed by atoms with Gasteiger partial charge in [-0.1, -0.05) is 25.1 Å². The Balaban J connectivity index is 2.84. The molecule has 0 aliphatic heterocycles. The fourth-order valence-electron chi connectivity index (χ4n) is 1.29. The minimum atomic E-state index is -4.31. The Morgan fingerprint density at radius 3 is 2.53 bits per heavy atom. The molecule has 0 spiro atoms. The van der Waals surface area contributed by atoms with Crippen LogP contribution in [0.1, 0.15) is 24.5 Å². The summed E-state index contributed by atoms with van der Waals surface area (Å²) in [5, 5.41) is 9.32. The van der Waals surface area contributed by atoms with Crippen LogP contribution in [0.25, 0.3) is 0 Å². The minimum Gasteiger partial charge on any atom is -0.393 e. The Hall–Kier alpha value is -1.03. The van der Waals surface area contributed by atoms with Gasteiger partial charge >= 0.3 is 6.18 Å². The normalized spacial score (nSPS) is 13.9. The van der Waals surface area contributed by atoms with Gasteiger partial charge in [0, 0.05) is 0 Å². The van der Waals surface area contributed by atoms with Crippen LogP contribution in [0.15, 0.2) is 24.3 Å². The van der Waals surface area contributed by atoms with Gasteiger partial charge < -0.3 is 5.11 Å². The van der Waals surface area contributed by atoms with Crippen molar-refractivity contribution in [3.8, 4) is 0 Å². The van der Waals surface area contributed by atoms with Crippen molar-refractivity contribution in [2.24, 2.45) is 0 Å². The summed E-state index contributed by atoms with van der Waals surface area (Å²) in [4.78, 5) is 0. The van der Waals surface area contributed by atoms with Crippen LogP contribution in [0.2, 0.25) is 0 Å². The molecule has 1 N–H and O–H groups in total. The second-order valence-corrected chi connectivity index (χ2v) is 3.46. The molecular formula is C11H13F3O. The molecule has 1 atom stereocenters. The molecule has 1 nitrogen and oxygen atoms in total. The lowest BCUT2D eigenvalue weighted by Gasteiger charge is -2.10. The molecule has 1 aromatic carbocycles. The summed E-state index contributed by atoms with van der Waals surface area (Å²) in [6.07, 6.45) is -4.09. The van der Waals surface area contributed by atoms with Crippen LogP contribution in [0.4, 0.5) is 13.2 Å². The van der Waals surface area contributed by atoms with Crippen molar-refractivity contribution in [1.29, 1.82) is 0 Å². The number of aliphatic hydroxyl groups excluding tert-OH is 1. The molecular weight excluding hydrogens is 205 g/mol. The first-order valence-electron chi connectivity index (χ1n) is 4.77. The maximum Gasteiger partial charge on any atom is 0.416 e. The van der Waals surface area contributed by atoms with Crippen LogP contribution in [-0.4, -0.2) is 11.2 Å². The highest BCUT2D eigenvalue weighted by Crippen LogP contribution is 2.29. The van der Waals surface area contributed by atoms with Crippen molar-refractivity contribution in [1.82, 2.24) is 0 Å². The molecule has 0 fully saturated rings. The molecule has 1 rings (SSSR count). The van der Waals surface area contributed by atoms with Crippen molar-refractivity contribution < 1.29 is 18.3 Å². The molecule has 84 valence electrons. The van der Waals surface area contributed by atoms with Crippen LogP contribution in [0, 0.1) is 0 Å². The first kappa shape index (κ1) is 12.0. The predicted octanol–water partition coefficient (Wildman–Crippen LogP) is 3.02. The van der Waals surface area contributed by atoms with Crippen LogP contribution < -0.4 is 0 Å². The van der Waals surface area contributed by atoms with Crippen molar-refractivity contribution in [2.45, 2.75) is 32.0 Å². The molecule has 0 radical (unpaired) electrons. The molecule has 0 amide bonds. The zero-order chi connectivity index (χ0) is 11.5. The van der Waals surface area contributed by atoms with Crippen molar-refractivity contribution in [2.75, 3.05) is 0 Å². The average Bonchev–Trinajstić information content (AvgIpc) is 2.17. The van der Waals surface area contributed by atoms with Crippen LogP contribution >= 0.6 is 0 Å². The zero-order valence-electron chi connectivity index (χ0n) is 8.38. The van der Waals surface area contributed by atoms with Crippen LogP contribution in [0.3, 0.4) is 0 Å². The van der Waals surface area contributed by atoms with Gasteiger partial charge in [-0.05, 0) is 24.5 Å². The average molecular weight is 218 g/mol. The summed E-state index contributed by atoms with van der Waals surface area (Å²) in [5.74, 6) is 0. The van der Waals surface area contributed by atoms with E-state index < -0.39 is 17.8 Å². The van der Waals surface area contributed by atoms with E-state index in [0.717, 1.165) is 12.1 Å². The maximum absolute atomic E-state index is 12.3. The Labute approximate surface area is 86.5 Å². The smallest absolute Gasteiger partial charge is 0.393 e. The van der Waals surface area contributed by atoms with Crippen molar-refractivity contribution >= 4 is 0 Å². The third-order valence-electron chi connectivity index (χ3n) is 2.20. The highest BCUT2D eigenvalue weighted by molar-refractivity contribution is 5.26. The molecule has 0 bridgehead atoms. The molecule has 15 heavy (non-hydrogen) atoms. The number of hydrogen-bond donors (Lipinski definition) is 1. The molecule has 1 unspecified atom stereocenters. The Morgan fingerprint density at radius 2 is 2.00 bits per heavy atom. The summed E-state index contributed by atoms with van der Waals surface area (Å²) >= 11 is 0. The van der Waals surface area contributed by atoms with Crippen molar-refractivity contribution in [3.05, 3.63) is 35.4 Å². The van der Waals surface area contributed by atoms with E-state index in [2.05, 4.69) is 0 Å². The Bertz CT molecular complexity index is 320. The molecule has 0 aromatic heterocycles. The molecule has 0 aliphatic carbocycles. The summed E-state index contributed by atoms with van der Waals surface area (Å²) in [6, 6.07) is 5.06. The topological polar surface area (TPSA) is 20.2 Å². The standard InChI is InChI=1S/C11H13F3O/c1-2-10(15)7-8-4-3-5-9(6-8)11(12,13)14/h3-6,10,15H,2,7H2,1H3. The molecule has 0 saturated heterocycles. The van der Waals surface area contributed by atoms with Crippen molar-refractivity contribution in [3.63, 3.8) is 0 Å². The van der Waals surface area contributed by atoms with E-state index in [1.54, 1.807) is 13.0 Å². The molecule has 1 aromatic rings. The van der Waals surface area contributed by atoms with E-state index in [0.29, 0.717) is 12.0 Å². The number of alkyl halides is 3. The van der Waals surface area contributed by atoms with Gasteiger partial charge in [-0.25, -0.2) is 0 Å². The number of rotatable bonds is 3. The summed E-state index contributed by atoms with van der Waals surface area (Å²) in [5.41, 5.74) is -0.150. The third kappa shape index (κ3) is 3.55. The lowest BCUT2D eigenvalue weighted by atomic mass is 10.0. The van der Waals surface area contributed by atoms with E-state index in [1.807, 2.05) is 0 Å². The minimum absolute atomic E-state index is 0.264. The predicted molar refractivity (Wildman–Crippen MR) is 51.4 cm³/mol. The Kier molecular flexibility index (Phi) is 3.74. The first-order chi connectivity index (χ1) is 6.93. The number of benzene rings is 1. The lowest BCUT2D eigenvalue weighted by molar-refractivity contribution is -0.137. The highest BCUT2D eigenvalue weighted by Gasteiger charge is 2.30. The number of aliphatic hydroxyl groups is 1. The second kappa shape index (κ2) is 4.66. The van der Waals surface area contributed by atoms with Gasteiger partial charge in [0.2, 0.25) is 0 Å². The number of hydrogen-bond acceptors (Lipinski definition) is 1. The maximum atomic E-state index is 12.3. The van der Waals surface area contributed by atoms with E-state index in [9.17, 15) is 18.3 Å². The summed E-state index contributed by atoms with van der Waals surface area (Å²) in [6.45, 7) is 1.79. The van der Waals surface area contributed by atoms with Gasteiger partial charge in [-0.15, -0.1) is 0 Å². The third-order valence-corrected chi connectivity index (χ3v) is 2.20. The summed E-state index contributed by atoms with van der Waals surface area (Å²) in [7, 11) is 0. The first-order valence-corrected chi connectivity index (χ1v) is 4.77. The fourth-order valence-corrected chi connectivity index (χ4v) is 1.29. The zero-order valence-corrected chi connectivity index (χ0v) is 8.38. The van der Waals surface area contributed by atoms with E-state index in [1.165, 1.54) is 6.07 Å². The molecule has 4 heteroatoms. The fraction of sp³-hybridized carbons (Fsp3) is 0.455. The van der Waals surface area contributed by atoms with Crippen LogP contribution in [-0.2, 0) is 12.6 Å². The molecule has 0 heterocycles. The van der Waals surface area contributed by atoms with Gasteiger partial charge in [-0.3, -0.25) is 0 Å². The van der Waals surface area contributed by atoms with Gasteiger partial charge in [0.05, 0.1) is 11.7 Å². The van der Waals surface area contributed by atoms with Gasteiger partial charge in [0.15, 0.2) is 0 Å². The van der Waals surface area contributed by atoms with E-state index in [4.69, 9.17) is 0 Å². The van der Waals surface area contributed by atoms with Gasteiger partial charge in [0.25, 0.3) is 0 Å². The quantitative estimate of drug-likeness (QED) is 0.826. The molecule has 0 saturated carbocycles.